The lowest BCUT2D eigenvalue weighted by Gasteiger charge is -2.08. The van der Waals surface area contributed by atoms with Gasteiger partial charge in [0.25, 0.3) is 0 Å². The van der Waals surface area contributed by atoms with Crippen LogP contribution in [0.4, 0.5) is 10.1 Å². The number of nitrogens with two attached hydrogens (primary N) is 1. The molecule has 0 heterocycles. The number of nitrogen functional groups attached to an aromatic ring is 1. The maximum Gasteiger partial charge on any atom is 0.138 e. The molecule has 0 atom stereocenters. The molecule has 0 unspecified atom stereocenters. The van der Waals surface area contributed by atoms with Crippen LogP contribution in [0, 0.1) is 11.7 Å². The van der Waals surface area contributed by atoms with E-state index in [-0.39, 0.29) is 5.82 Å². The summed E-state index contributed by atoms with van der Waals surface area (Å²) in [5.41, 5.74) is 6.43. The average molecular weight is 292 g/mol. The molecule has 4 heteroatoms. The van der Waals surface area contributed by atoms with Crippen LogP contribution in [0.25, 0.3) is 0 Å². The molecule has 1 nitrogen and oxygen atoms in total. The Hall–Kier alpha value is -0.220. The van der Waals surface area contributed by atoms with Crippen LogP contribution in [0.5, 0.6) is 0 Å². The van der Waals surface area contributed by atoms with Gasteiger partial charge < -0.3 is 5.73 Å². The van der Waals surface area contributed by atoms with E-state index in [1.54, 1.807) is 17.8 Å². The summed E-state index contributed by atoms with van der Waals surface area (Å²) < 4.78 is 13.7. The first-order valence-corrected chi connectivity index (χ1v) is 6.66. The van der Waals surface area contributed by atoms with E-state index in [4.69, 9.17) is 5.73 Å². The monoisotopic (exact) mass is 291 g/mol. The van der Waals surface area contributed by atoms with Gasteiger partial charge in [-0.2, -0.15) is 0 Å². The quantitative estimate of drug-likeness (QED) is 0.661. The van der Waals surface area contributed by atoms with Gasteiger partial charge in [0.05, 0.1) is 4.47 Å². The van der Waals surface area contributed by atoms with Crippen molar-refractivity contribution in [3.63, 3.8) is 0 Å². The summed E-state index contributed by atoms with van der Waals surface area (Å²) in [6.07, 6.45) is 1.11. The van der Waals surface area contributed by atoms with Crippen LogP contribution in [-0.2, 0) is 0 Å². The second-order valence-corrected chi connectivity index (χ2v) is 5.83. The second-order valence-electron chi connectivity index (χ2n) is 3.84. The third kappa shape index (κ3) is 4.03. The van der Waals surface area contributed by atoms with Gasteiger partial charge in [0.2, 0.25) is 0 Å². The molecule has 0 saturated heterocycles. The molecule has 0 amide bonds. The minimum Gasteiger partial charge on any atom is -0.398 e. The number of benzene rings is 1. The van der Waals surface area contributed by atoms with E-state index in [0.29, 0.717) is 16.1 Å². The molecule has 0 fully saturated rings. The third-order valence-electron chi connectivity index (χ3n) is 2.01. The van der Waals surface area contributed by atoms with Crippen LogP contribution in [-0.4, -0.2) is 5.75 Å². The van der Waals surface area contributed by atoms with E-state index >= 15 is 0 Å². The lowest BCUT2D eigenvalue weighted by molar-refractivity contribution is 0.617. The molecule has 2 N–H and O–H groups in total. The van der Waals surface area contributed by atoms with E-state index in [0.717, 1.165) is 17.1 Å². The van der Waals surface area contributed by atoms with Gasteiger partial charge in [-0.25, -0.2) is 4.39 Å². The van der Waals surface area contributed by atoms with E-state index < -0.39 is 0 Å². The highest BCUT2D eigenvalue weighted by Crippen LogP contribution is 2.30. The highest BCUT2D eigenvalue weighted by molar-refractivity contribution is 9.10. The molecular weight excluding hydrogens is 277 g/mol. The Labute approximate surface area is 103 Å². The molecule has 1 aromatic carbocycles. The Morgan fingerprint density at radius 2 is 2.13 bits per heavy atom. The van der Waals surface area contributed by atoms with Gasteiger partial charge in [-0.1, -0.05) is 13.8 Å². The molecule has 1 aromatic rings. The third-order valence-corrected chi connectivity index (χ3v) is 3.72. The number of thioether (sulfide) groups is 1. The lowest BCUT2D eigenvalue weighted by atomic mass is 10.2. The number of anilines is 1. The number of hydrogen-bond acceptors (Lipinski definition) is 2. The van der Waals surface area contributed by atoms with Gasteiger partial charge in [-0.15, -0.1) is 11.8 Å². The molecule has 0 aliphatic rings. The Balaban J connectivity index is 2.65. The standard InChI is InChI=1S/C11H15BrFNS/c1-7(2)3-4-15-11-6-9(13)8(12)5-10(11)14/h5-7H,3-4,14H2,1-2H3. The first kappa shape index (κ1) is 12.8. The molecule has 0 radical (unpaired) electrons. The highest BCUT2D eigenvalue weighted by atomic mass is 79.9. The predicted octanol–water partition coefficient (Wildman–Crippen LogP) is 4.31. The van der Waals surface area contributed by atoms with Crippen molar-refractivity contribution in [1.29, 1.82) is 0 Å². The van der Waals surface area contributed by atoms with Crippen LogP contribution in [0.3, 0.4) is 0 Å². The van der Waals surface area contributed by atoms with Crippen LogP contribution < -0.4 is 5.73 Å². The van der Waals surface area contributed by atoms with Gasteiger partial charge >= 0.3 is 0 Å². The largest absolute Gasteiger partial charge is 0.398 e. The van der Waals surface area contributed by atoms with Gasteiger partial charge in [-0.3, -0.25) is 0 Å². The van der Waals surface area contributed by atoms with Crippen LogP contribution in [0.1, 0.15) is 20.3 Å². The van der Waals surface area contributed by atoms with E-state index in [1.165, 1.54) is 6.07 Å². The van der Waals surface area contributed by atoms with E-state index in [2.05, 4.69) is 29.8 Å². The predicted molar refractivity (Wildman–Crippen MR) is 68.7 cm³/mol. The highest BCUT2D eigenvalue weighted by Gasteiger charge is 2.06. The summed E-state index contributed by atoms with van der Waals surface area (Å²) >= 11 is 4.72. The summed E-state index contributed by atoms with van der Waals surface area (Å²) in [5, 5.41) is 0. The number of hydrogen-bond donors (Lipinski definition) is 1. The summed E-state index contributed by atoms with van der Waals surface area (Å²) in [5.74, 6) is 1.39. The first-order valence-electron chi connectivity index (χ1n) is 4.88. The zero-order chi connectivity index (χ0) is 11.4. The minimum atomic E-state index is -0.253. The Morgan fingerprint density at radius 3 is 2.73 bits per heavy atom. The molecule has 0 bridgehead atoms. The zero-order valence-electron chi connectivity index (χ0n) is 8.89. The molecule has 0 saturated carbocycles. The fourth-order valence-electron chi connectivity index (χ4n) is 1.07. The van der Waals surface area contributed by atoms with Crippen LogP contribution >= 0.6 is 27.7 Å². The van der Waals surface area contributed by atoms with Crippen molar-refractivity contribution >= 4 is 33.4 Å². The molecule has 0 aliphatic carbocycles. The Kier molecular flexibility index (Phi) is 4.93. The van der Waals surface area contributed by atoms with Gasteiger partial charge in [0.15, 0.2) is 0 Å². The number of halogens is 2. The fourth-order valence-corrected chi connectivity index (χ4v) is 2.66. The molecule has 0 aromatic heterocycles. The van der Waals surface area contributed by atoms with Crippen LogP contribution in [0.2, 0.25) is 0 Å². The number of rotatable bonds is 4. The second kappa shape index (κ2) is 5.75. The molecule has 15 heavy (non-hydrogen) atoms. The maximum atomic E-state index is 13.2. The van der Waals surface area contributed by atoms with Crippen LogP contribution in [0.15, 0.2) is 21.5 Å². The zero-order valence-corrected chi connectivity index (χ0v) is 11.3. The molecule has 1 rings (SSSR count). The molecule has 84 valence electrons. The average Bonchev–Trinajstić information content (AvgIpc) is 2.13. The fraction of sp³-hybridized carbons (Fsp3) is 0.455. The van der Waals surface area contributed by atoms with Crippen molar-refractivity contribution in [2.75, 3.05) is 11.5 Å². The molecule has 0 aliphatic heterocycles. The van der Waals surface area contributed by atoms with Gasteiger partial charge in [0.1, 0.15) is 5.82 Å². The van der Waals surface area contributed by atoms with Crippen molar-refractivity contribution in [2.24, 2.45) is 5.92 Å². The Morgan fingerprint density at radius 1 is 1.47 bits per heavy atom. The normalized spacial score (nSPS) is 11.0. The summed E-state index contributed by atoms with van der Waals surface area (Å²) in [6, 6.07) is 3.11. The van der Waals surface area contributed by atoms with Crippen molar-refractivity contribution in [1.82, 2.24) is 0 Å². The van der Waals surface area contributed by atoms with Gasteiger partial charge in [-0.05, 0) is 46.2 Å². The van der Waals surface area contributed by atoms with Crippen molar-refractivity contribution in [2.45, 2.75) is 25.2 Å². The van der Waals surface area contributed by atoms with Gasteiger partial charge in [0, 0.05) is 10.6 Å². The topological polar surface area (TPSA) is 26.0 Å². The maximum absolute atomic E-state index is 13.2. The van der Waals surface area contributed by atoms with Crippen molar-refractivity contribution < 1.29 is 4.39 Å². The summed E-state index contributed by atoms with van der Waals surface area (Å²) in [6.45, 7) is 4.35. The SMILES string of the molecule is CC(C)CCSc1cc(F)c(Br)cc1N. The Bertz CT molecular complexity index is 342. The smallest absolute Gasteiger partial charge is 0.138 e. The molecule has 0 spiro atoms. The summed E-state index contributed by atoms with van der Waals surface area (Å²) in [4.78, 5) is 0.830. The first-order chi connectivity index (χ1) is 7.00. The van der Waals surface area contributed by atoms with E-state index in [9.17, 15) is 4.39 Å². The van der Waals surface area contributed by atoms with Crippen molar-refractivity contribution in [3.8, 4) is 0 Å². The lowest BCUT2D eigenvalue weighted by Crippen LogP contribution is -1.94. The summed E-state index contributed by atoms with van der Waals surface area (Å²) in [7, 11) is 0. The molecular formula is C11H15BrFNS. The van der Waals surface area contributed by atoms with Crippen molar-refractivity contribution in [3.05, 3.63) is 22.4 Å². The van der Waals surface area contributed by atoms with E-state index in [1.807, 2.05) is 0 Å². The minimum absolute atomic E-state index is 0.253.